The van der Waals surface area contributed by atoms with Crippen molar-refractivity contribution in [2.45, 2.75) is 6.54 Å². The van der Waals surface area contributed by atoms with Crippen LogP contribution in [0.5, 0.6) is 0 Å². The van der Waals surface area contributed by atoms with Crippen LogP contribution in [0.3, 0.4) is 0 Å². The first-order valence-electron chi connectivity index (χ1n) is 4.26. The summed E-state index contributed by atoms with van der Waals surface area (Å²) in [5.74, 6) is 2.60. The molecule has 0 radical (unpaired) electrons. The Labute approximate surface area is 82.4 Å². The van der Waals surface area contributed by atoms with Crippen LogP contribution in [0.25, 0.3) is 0 Å². The predicted octanol–water partition coefficient (Wildman–Crippen LogP) is 1.31. The Morgan fingerprint density at radius 2 is 2.36 bits per heavy atom. The Hall–Kier alpha value is -2.08. The summed E-state index contributed by atoms with van der Waals surface area (Å²) in [5.41, 5.74) is 2.02. The van der Waals surface area contributed by atoms with Crippen LogP contribution in [0.15, 0.2) is 36.9 Å². The van der Waals surface area contributed by atoms with Crippen LogP contribution >= 0.6 is 0 Å². The van der Waals surface area contributed by atoms with Crippen molar-refractivity contribution in [3.63, 3.8) is 0 Å². The van der Waals surface area contributed by atoms with E-state index in [0.717, 1.165) is 11.1 Å². The van der Waals surface area contributed by atoms with Gasteiger partial charge >= 0.3 is 0 Å². The predicted molar refractivity (Wildman–Crippen MR) is 53.5 cm³/mol. The molecule has 0 spiro atoms. The highest BCUT2D eigenvalue weighted by Crippen LogP contribution is 2.05. The molecule has 0 aliphatic rings. The van der Waals surface area contributed by atoms with E-state index in [1.807, 2.05) is 24.3 Å². The highest BCUT2D eigenvalue weighted by molar-refractivity contribution is 5.35. The highest BCUT2D eigenvalue weighted by Gasteiger charge is 1.95. The summed E-state index contributed by atoms with van der Waals surface area (Å²) >= 11 is 0. The molecule has 0 amide bonds. The lowest BCUT2D eigenvalue weighted by atomic mass is 10.1. The monoisotopic (exact) mass is 183 g/mol. The van der Waals surface area contributed by atoms with Gasteiger partial charge in [0.25, 0.3) is 0 Å². The van der Waals surface area contributed by atoms with Crippen LogP contribution in [0.2, 0.25) is 0 Å². The van der Waals surface area contributed by atoms with Crippen LogP contribution in [0, 0.1) is 12.3 Å². The lowest BCUT2D eigenvalue weighted by Crippen LogP contribution is -1.99. The van der Waals surface area contributed by atoms with Crippen LogP contribution in [0.1, 0.15) is 11.1 Å². The second kappa shape index (κ2) is 3.75. The molecule has 1 aromatic heterocycles. The van der Waals surface area contributed by atoms with Crippen molar-refractivity contribution >= 4 is 0 Å². The zero-order chi connectivity index (χ0) is 9.80. The maximum Gasteiger partial charge on any atom is 0.137 e. The van der Waals surface area contributed by atoms with Crippen LogP contribution in [-0.2, 0) is 6.54 Å². The maximum absolute atomic E-state index is 5.31. The standard InChI is InChI=1S/C11H9N3/c1-2-10-4-3-5-11(6-10)7-14-9-12-8-13-14/h1,3-6,8-9H,7H2. The van der Waals surface area contributed by atoms with E-state index in [1.165, 1.54) is 6.33 Å². The fourth-order valence-corrected chi connectivity index (χ4v) is 1.26. The summed E-state index contributed by atoms with van der Waals surface area (Å²) in [4.78, 5) is 3.87. The normalized spacial score (nSPS) is 9.64. The molecule has 2 rings (SSSR count). The number of aromatic nitrogens is 3. The molecule has 0 saturated heterocycles. The van der Waals surface area contributed by atoms with Gasteiger partial charge in [-0.2, -0.15) is 5.10 Å². The highest BCUT2D eigenvalue weighted by atomic mass is 15.3. The smallest absolute Gasteiger partial charge is 0.137 e. The van der Waals surface area contributed by atoms with E-state index in [-0.39, 0.29) is 0 Å². The average molecular weight is 183 g/mol. The molecule has 0 unspecified atom stereocenters. The van der Waals surface area contributed by atoms with E-state index in [4.69, 9.17) is 6.42 Å². The molecule has 0 atom stereocenters. The van der Waals surface area contributed by atoms with Gasteiger partial charge in [-0.15, -0.1) is 6.42 Å². The van der Waals surface area contributed by atoms with E-state index in [1.54, 1.807) is 11.0 Å². The van der Waals surface area contributed by atoms with Gasteiger partial charge in [0.05, 0.1) is 6.54 Å². The Morgan fingerprint density at radius 3 is 3.07 bits per heavy atom. The molecule has 0 N–H and O–H groups in total. The average Bonchev–Trinajstić information content (AvgIpc) is 2.71. The second-order valence-corrected chi connectivity index (χ2v) is 2.94. The molecule has 0 saturated carbocycles. The molecular weight excluding hydrogens is 174 g/mol. The number of rotatable bonds is 2. The van der Waals surface area contributed by atoms with Gasteiger partial charge < -0.3 is 0 Å². The third-order valence-corrected chi connectivity index (χ3v) is 1.90. The molecule has 3 nitrogen and oxygen atoms in total. The minimum Gasteiger partial charge on any atom is -0.249 e. The summed E-state index contributed by atoms with van der Waals surface area (Å²) in [6.45, 7) is 0.704. The van der Waals surface area contributed by atoms with Crippen molar-refractivity contribution in [3.8, 4) is 12.3 Å². The summed E-state index contributed by atoms with van der Waals surface area (Å²) in [7, 11) is 0. The first-order chi connectivity index (χ1) is 6.88. The van der Waals surface area contributed by atoms with Crippen molar-refractivity contribution in [3.05, 3.63) is 48.0 Å². The van der Waals surface area contributed by atoms with Crippen LogP contribution in [0.4, 0.5) is 0 Å². The zero-order valence-electron chi connectivity index (χ0n) is 7.59. The molecule has 0 fully saturated rings. The van der Waals surface area contributed by atoms with Crippen LogP contribution < -0.4 is 0 Å². The Kier molecular flexibility index (Phi) is 2.28. The summed E-state index contributed by atoms with van der Waals surface area (Å²) in [5, 5.41) is 4.02. The van der Waals surface area contributed by atoms with Crippen molar-refractivity contribution in [1.29, 1.82) is 0 Å². The molecule has 0 bridgehead atoms. The number of terminal acetylenes is 1. The number of nitrogens with zero attached hydrogens (tertiary/aromatic N) is 3. The summed E-state index contributed by atoms with van der Waals surface area (Å²) in [6.07, 6.45) is 8.51. The van der Waals surface area contributed by atoms with E-state index < -0.39 is 0 Å². The van der Waals surface area contributed by atoms with Gasteiger partial charge in [0.2, 0.25) is 0 Å². The minimum absolute atomic E-state index is 0.704. The Bertz CT molecular complexity index is 452. The fraction of sp³-hybridized carbons (Fsp3) is 0.0909. The van der Waals surface area contributed by atoms with E-state index in [0.29, 0.717) is 6.54 Å². The largest absolute Gasteiger partial charge is 0.249 e. The molecule has 1 heterocycles. The van der Waals surface area contributed by atoms with E-state index >= 15 is 0 Å². The lowest BCUT2D eigenvalue weighted by molar-refractivity contribution is 0.685. The van der Waals surface area contributed by atoms with E-state index in [9.17, 15) is 0 Å². The number of hydrogen-bond acceptors (Lipinski definition) is 2. The maximum atomic E-state index is 5.31. The first kappa shape index (κ1) is 8.52. The van der Waals surface area contributed by atoms with Gasteiger partial charge in [-0.05, 0) is 17.7 Å². The van der Waals surface area contributed by atoms with E-state index in [2.05, 4.69) is 16.0 Å². The topological polar surface area (TPSA) is 30.7 Å². The molecule has 0 aliphatic heterocycles. The van der Waals surface area contributed by atoms with Crippen molar-refractivity contribution < 1.29 is 0 Å². The number of benzene rings is 1. The Morgan fingerprint density at radius 1 is 1.43 bits per heavy atom. The van der Waals surface area contributed by atoms with Gasteiger partial charge in [0, 0.05) is 5.56 Å². The fourth-order valence-electron chi connectivity index (χ4n) is 1.26. The van der Waals surface area contributed by atoms with Crippen molar-refractivity contribution in [2.75, 3.05) is 0 Å². The van der Waals surface area contributed by atoms with Crippen LogP contribution in [-0.4, -0.2) is 14.8 Å². The van der Waals surface area contributed by atoms with Gasteiger partial charge in [0.15, 0.2) is 0 Å². The molecule has 2 aromatic rings. The molecule has 1 aromatic carbocycles. The molecule has 14 heavy (non-hydrogen) atoms. The van der Waals surface area contributed by atoms with Crippen molar-refractivity contribution in [2.24, 2.45) is 0 Å². The van der Waals surface area contributed by atoms with Gasteiger partial charge in [-0.1, -0.05) is 18.1 Å². The third kappa shape index (κ3) is 1.80. The lowest BCUT2D eigenvalue weighted by Gasteiger charge is -2.01. The van der Waals surface area contributed by atoms with Crippen molar-refractivity contribution in [1.82, 2.24) is 14.8 Å². The summed E-state index contributed by atoms with van der Waals surface area (Å²) < 4.78 is 1.76. The van der Waals surface area contributed by atoms with Gasteiger partial charge in [0.1, 0.15) is 12.7 Å². The molecule has 0 aliphatic carbocycles. The van der Waals surface area contributed by atoms with Gasteiger partial charge in [-0.3, -0.25) is 0 Å². The molecule has 3 heteroatoms. The quantitative estimate of drug-likeness (QED) is 0.657. The Balaban J connectivity index is 2.22. The first-order valence-corrected chi connectivity index (χ1v) is 4.26. The molecule has 68 valence electrons. The summed E-state index contributed by atoms with van der Waals surface area (Å²) in [6, 6.07) is 7.84. The van der Waals surface area contributed by atoms with Gasteiger partial charge in [-0.25, -0.2) is 9.67 Å². The second-order valence-electron chi connectivity index (χ2n) is 2.94. The zero-order valence-corrected chi connectivity index (χ0v) is 7.59. The minimum atomic E-state index is 0.704. The molecular formula is C11H9N3. The third-order valence-electron chi connectivity index (χ3n) is 1.90. The number of hydrogen-bond donors (Lipinski definition) is 0. The SMILES string of the molecule is C#Cc1cccc(Cn2cncn2)c1.